The van der Waals surface area contributed by atoms with E-state index in [2.05, 4.69) is 4.98 Å². The first kappa shape index (κ1) is 17.9. The molecule has 128 valence electrons. The van der Waals surface area contributed by atoms with Gasteiger partial charge in [-0.2, -0.15) is 0 Å². The van der Waals surface area contributed by atoms with Gasteiger partial charge in [0.15, 0.2) is 4.77 Å². The van der Waals surface area contributed by atoms with Crippen LogP contribution in [0.5, 0.6) is 0 Å². The van der Waals surface area contributed by atoms with E-state index in [0.29, 0.717) is 23.6 Å². The highest BCUT2D eigenvalue weighted by Gasteiger charge is 2.21. The van der Waals surface area contributed by atoms with Gasteiger partial charge in [-0.1, -0.05) is 18.2 Å². The summed E-state index contributed by atoms with van der Waals surface area (Å²) in [6, 6.07) is 9.41. The molecule has 2 aromatic rings. The van der Waals surface area contributed by atoms with Crippen molar-refractivity contribution in [2.24, 2.45) is 0 Å². The summed E-state index contributed by atoms with van der Waals surface area (Å²) in [6.07, 6.45) is 1.58. The summed E-state index contributed by atoms with van der Waals surface area (Å²) in [5, 5.41) is 0. The molecule has 0 saturated heterocycles. The first-order valence-corrected chi connectivity index (χ1v) is 8.29. The summed E-state index contributed by atoms with van der Waals surface area (Å²) < 4.78 is 2.11. The maximum Gasteiger partial charge on any atom is 0.272 e. The normalized spacial score (nSPS) is 10.5. The molecular formula is C17H22N4O2S. The molecule has 0 bridgehead atoms. The molecule has 2 rings (SSSR count). The number of H-pyrrole nitrogens is 1. The molecule has 7 heteroatoms. The number of carbonyl (C=O) groups excluding carboxylic acids is 2. The van der Waals surface area contributed by atoms with Gasteiger partial charge in [0.25, 0.3) is 5.91 Å². The quantitative estimate of drug-likeness (QED) is 0.818. The van der Waals surface area contributed by atoms with Gasteiger partial charge in [0.05, 0.1) is 6.54 Å². The van der Waals surface area contributed by atoms with E-state index >= 15 is 0 Å². The number of hydrogen-bond acceptors (Lipinski definition) is 3. The first-order chi connectivity index (χ1) is 11.5. The first-order valence-electron chi connectivity index (χ1n) is 7.88. The van der Waals surface area contributed by atoms with Crippen molar-refractivity contribution >= 4 is 24.0 Å². The third-order valence-electron chi connectivity index (χ3n) is 3.85. The minimum Gasteiger partial charge on any atom is -0.342 e. The molecule has 0 aliphatic carbocycles. The molecule has 0 aliphatic rings. The van der Waals surface area contributed by atoms with Crippen LogP contribution in [0.2, 0.25) is 0 Å². The zero-order chi connectivity index (χ0) is 17.7. The van der Waals surface area contributed by atoms with E-state index in [1.807, 2.05) is 44.2 Å². The Hall–Kier alpha value is -2.41. The summed E-state index contributed by atoms with van der Waals surface area (Å²) in [5.74, 6) is -0.331. The van der Waals surface area contributed by atoms with Gasteiger partial charge in [-0.15, -0.1) is 0 Å². The number of hydrogen-bond donors (Lipinski definition) is 1. The number of nitrogens with one attached hydrogen (secondary N) is 1. The second-order valence-corrected chi connectivity index (χ2v) is 5.76. The van der Waals surface area contributed by atoms with E-state index in [-0.39, 0.29) is 18.4 Å². The van der Waals surface area contributed by atoms with Gasteiger partial charge in [0.2, 0.25) is 5.91 Å². The molecule has 0 unspecified atom stereocenters. The standard InChI is InChI=1S/C17H22N4O2S/c1-4-20(5-2)15(22)12-19(3)16(23)14-11-18-17(24)21(14)13-9-7-6-8-10-13/h6-11H,4-5,12H2,1-3H3,(H,18,24). The lowest BCUT2D eigenvalue weighted by Gasteiger charge is -2.23. The fourth-order valence-corrected chi connectivity index (χ4v) is 2.77. The van der Waals surface area contributed by atoms with Gasteiger partial charge in [-0.05, 0) is 38.2 Å². The zero-order valence-electron chi connectivity index (χ0n) is 14.2. The largest absolute Gasteiger partial charge is 0.342 e. The fraction of sp³-hybridized carbons (Fsp3) is 0.353. The third-order valence-corrected chi connectivity index (χ3v) is 4.15. The summed E-state index contributed by atoms with van der Waals surface area (Å²) in [6.45, 7) is 5.13. The SMILES string of the molecule is CCN(CC)C(=O)CN(C)C(=O)c1c[nH]c(=S)n1-c1ccccc1. The predicted octanol–water partition coefficient (Wildman–Crippen LogP) is 2.48. The Morgan fingerprint density at radius 2 is 1.79 bits per heavy atom. The minimum absolute atomic E-state index is 0.0350. The Balaban J connectivity index is 2.25. The summed E-state index contributed by atoms with van der Waals surface area (Å²) >= 11 is 5.29. The van der Waals surface area contributed by atoms with Crippen molar-refractivity contribution in [1.82, 2.24) is 19.4 Å². The van der Waals surface area contributed by atoms with Crippen molar-refractivity contribution in [3.8, 4) is 5.69 Å². The van der Waals surface area contributed by atoms with E-state index in [1.54, 1.807) is 22.7 Å². The Bertz CT molecular complexity index is 762. The number of nitrogens with zero attached hydrogens (tertiary/aromatic N) is 3. The van der Waals surface area contributed by atoms with E-state index in [0.717, 1.165) is 5.69 Å². The third kappa shape index (κ3) is 3.73. The molecule has 1 N–H and O–H groups in total. The molecule has 0 atom stereocenters. The molecule has 0 fully saturated rings. The maximum absolute atomic E-state index is 12.8. The van der Waals surface area contributed by atoms with Crippen molar-refractivity contribution in [2.75, 3.05) is 26.7 Å². The number of carbonyl (C=O) groups is 2. The highest BCUT2D eigenvalue weighted by molar-refractivity contribution is 7.71. The summed E-state index contributed by atoms with van der Waals surface area (Å²) in [4.78, 5) is 31.0. The van der Waals surface area contributed by atoms with Crippen LogP contribution in [0, 0.1) is 4.77 Å². The number of para-hydroxylation sites is 1. The molecule has 6 nitrogen and oxygen atoms in total. The van der Waals surface area contributed by atoms with E-state index in [1.165, 1.54) is 4.90 Å². The van der Waals surface area contributed by atoms with Crippen LogP contribution in [0.25, 0.3) is 5.69 Å². The maximum atomic E-state index is 12.8. The average molecular weight is 346 g/mol. The highest BCUT2D eigenvalue weighted by atomic mass is 32.1. The smallest absolute Gasteiger partial charge is 0.272 e. The fourth-order valence-electron chi connectivity index (χ4n) is 2.51. The number of benzene rings is 1. The number of imidazole rings is 1. The molecule has 2 amide bonds. The van der Waals surface area contributed by atoms with E-state index in [4.69, 9.17) is 12.2 Å². The molecule has 1 aromatic heterocycles. The number of rotatable bonds is 6. The second kappa shape index (κ2) is 7.92. The van der Waals surface area contributed by atoms with Gasteiger partial charge in [0, 0.05) is 32.0 Å². The Labute approximate surface area is 146 Å². The molecule has 0 spiro atoms. The van der Waals surface area contributed by atoms with Crippen molar-refractivity contribution < 1.29 is 9.59 Å². The Kier molecular flexibility index (Phi) is 5.92. The van der Waals surface area contributed by atoms with Gasteiger partial charge in [-0.25, -0.2) is 0 Å². The van der Waals surface area contributed by atoms with Crippen molar-refractivity contribution in [2.45, 2.75) is 13.8 Å². The summed E-state index contributed by atoms with van der Waals surface area (Å²) in [5.41, 5.74) is 1.21. The van der Waals surface area contributed by atoms with Crippen LogP contribution < -0.4 is 0 Å². The van der Waals surface area contributed by atoms with Crippen LogP contribution in [-0.2, 0) is 4.79 Å². The van der Waals surface area contributed by atoms with Crippen molar-refractivity contribution in [3.05, 3.63) is 47.0 Å². The molecular weight excluding hydrogens is 324 g/mol. The van der Waals surface area contributed by atoms with E-state index < -0.39 is 0 Å². The van der Waals surface area contributed by atoms with Gasteiger partial charge in [0.1, 0.15) is 5.69 Å². The number of likely N-dealkylation sites (N-methyl/N-ethyl adjacent to an activating group) is 2. The lowest BCUT2D eigenvalue weighted by Crippen LogP contribution is -2.41. The van der Waals surface area contributed by atoms with Crippen molar-refractivity contribution in [1.29, 1.82) is 0 Å². The minimum atomic E-state index is -0.258. The number of aromatic amines is 1. The Morgan fingerprint density at radius 3 is 2.38 bits per heavy atom. The van der Waals surface area contributed by atoms with Crippen LogP contribution >= 0.6 is 12.2 Å². The highest BCUT2D eigenvalue weighted by Crippen LogP contribution is 2.14. The van der Waals surface area contributed by atoms with Crippen LogP contribution in [0.4, 0.5) is 0 Å². The average Bonchev–Trinajstić information content (AvgIpc) is 2.97. The monoisotopic (exact) mass is 346 g/mol. The molecule has 1 aromatic carbocycles. The second-order valence-electron chi connectivity index (χ2n) is 5.38. The van der Waals surface area contributed by atoms with Crippen LogP contribution in [0.15, 0.2) is 36.5 Å². The topological polar surface area (TPSA) is 61.3 Å². The van der Waals surface area contributed by atoms with E-state index in [9.17, 15) is 9.59 Å². The molecule has 0 saturated carbocycles. The van der Waals surface area contributed by atoms with Crippen molar-refractivity contribution in [3.63, 3.8) is 0 Å². The van der Waals surface area contributed by atoms with Crippen LogP contribution in [0.1, 0.15) is 24.3 Å². The lowest BCUT2D eigenvalue weighted by molar-refractivity contribution is -0.131. The molecule has 0 aliphatic heterocycles. The van der Waals surface area contributed by atoms with Crippen LogP contribution in [-0.4, -0.2) is 57.8 Å². The van der Waals surface area contributed by atoms with Gasteiger partial charge >= 0.3 is 0 Å². The lowest BCUT2D eigenvalue weighted by atomic mass is 10.3. The van der Waals surface area contributed by atoms with Crippen LogP contribution in [0.3, 0.4) is 0 Å². The molecule has 0 radical (unpaired) electrons. The number of amides is 2. The van der Waals surface area contributed by atoms with Gasteiger partial charge < -0.3 is 14.8 Å². The predicted molar refractivity (Wildman–Crippen MR) is 95.8 cm³/mol. The molecule has 1 heterocycles. The number of aromatic nitrogens is 2. The Morgan fingerprint density at radius 1 is 1.17 bits per heavy atom. The zero-order valence-corrected chi connectivity index (χ0v) is 15.0. The molecule has 24 heavy (non-hydrogen) atoms. The van der Waals surface area contributed by atoms with Gasteiger partial charge in [-0.3, -0.25) is 14.2 Å². The summed E-state index contributed by atoms with van der Waals surface area (Å²) in [7, 11) is 1.62.